The first-order valence-corrected chi connectivity index (χ1v) is 5.16. The maximum absolute atomic E-state index is 11.2. The molecule has 0 saturated carbocycles. The van der Waals surface area contributed by atoms with Crippen LogP contribution in [0, 0.1) is 0 Å². The van der Waals surface area contributed by atoms with Crippen LogP contribution in [-0.4, -0.2) is 24.8 Å². The summed E-state index contributed by atoms with van der Waals surface area (Å²) in [6, 6.07) is 7.30. The number of hydrogen-bond donors (Lipinski definition) is 1. The number of ketones is 1. The minimum absolute atomic E-state index is 0.0293. The average Bonchev–Trinajstić information content (AvgIpc) is 2.30. The number of carbonyl (C=O) groups excluding carboxylic acids is 2. The SMILES string of the molecule is CC(=O)c1cccc(C2CNC(=O)CO2)c1. The number of rotatable bonds is 2. The van der Waals surface area contributed by atoms with Gasteiger partial charge in [-0.25, -0.2) is 0 Å². The molecule has 1 atom stereocenters. The lowest BCUT2D eigenvalue weighted by atomic mass is 10.0. The van der Waals surface area contributed by atoms with E-state index in [0.29, 0.717) is 12.1 Å². The number of Topliss-reactive ketones (excluding diaryl/α,β-unsaturated/α-hetero) is 1. The van der Waals surface area contributed by atoms with Gasteiger partial charge in [0.25, 0.3) is 0 Å². The van der Waals surface area contributed by atoms with Gasteiger partial charge in [0, 0.05) is 12.1 Å². The number of ether oxygens (including phenoxy) is 1. The van der Waals surface area contributed by atoms with Gasteiger partial charge in [0.15, 0.2) is 5.78 Å². The Morgan fingerprint density at radius 1 is 1.50 bits per heavy atom. The molecule has 0 aliphatic carbocycles. The number of hydrogen-bond acceptors (Lipinski definition) is 3. The third-order valence-corrected chi connectivity index (χ3v) is 2.57. The van der Waals surface area contributed by atoms with Crippen molar-refractivity contribution in [3.8, 4) is 0 Å². The standard InChI is InChI=1S/C12H13NO3/c1-8(14)9-3-2-4-10(5-9)11-6-13-12(15)7-16-11/h2-5,11H,6-7H2,1H3,(H,13,15). The Bertz CT molecular complexity index is 418. The molecule has 2 rings (SSSR count). The molecule has 1 fully saturated rings. The lowest BCUT2D eigenvalue weighted by Gasteiger charge is -2.23. The number of benzene rings is 1. The summed E-state index contributed by atoms with van der Waals surface area (Å²) in [5, 5.41) is 2.73. The Morgan fingerprint density at radius 3 is 2.94 bits per heavy atom. The fourth-order valence-corrected chi connectivity index (χ4v) is 1.66. The zero-order chi connectivity index (χ0) is 11.5. The maximum Gasteiger partial charge on any atom is 0.246 e. The van der Waals surface area contributed by atoms with Crippen molar-refractivity contribution >= 4 is 11.7 Å². The second-order valence-electron chi connectivity index (χ2n) is 3.79. The molecule has 1 saturated heterocycles. The zero-order valence-electron chi connectivity index (χ0n) is 9.03. The summed E-state index contributed by atoms with van der Waals surface area (Å²) in [6.45, 7) is 2.07. The Kier molecular flexibility index (Phi) is 3.01. The number of nitrogens with one attached hydrogen (secondary N) is 1. The summed E-state index contributed by atoms with van der Waals surface area (Å²) in [4.78, 5) is 22.1. The Hall–Kier alpha value is -1.68. The molecule has 1 heterocycles. The molecule has 0 bridgehead atoms. The molecule has 16 heavy (non-hydrogen) atoms. The van der Waals surface area contributed by atoms with Crippen LogP contribution in [0.2, 0.25) is 0 Å². The van der Waals surface area contributed by atoms with E-state index in [1.165, 1.54) is 6.92 Å². The average molecular weight is 219 g/mol. The van der Waals surface area contributed by atoms with Gasteiger partial charge in [0.05, 0.1) is 0 Å². The van der Waals surface area contributed by atoms with Crippen molar-refractivity contribution in [1.82, 2.24) is 5.32 Å². The Labute approximate surface area is 93.6 Å². The van der Waals surface area contributed by atoms with Crippen molar-refractivity contribution in [2.24, 2.45) is 0 Å². The fourth-order valence-electron chi connectivity index (χ4n) is 1.66. The topological polar surface area (TPSA) is 55.4 Å². The second kappa shape index (κ2) is 4.45. The Balaban J connectivity index is 2.17. The molecule has 1 amide bonds. The van der Waals surface area contributed by atoms with Gasteiger partial charge >= 0.3 is 0 Å². The van der Waals surface area contributed by atoms with Gasteiger partial charge in [-0.15, -0.1) is 0 Å². The number of amides is 1. The summed E-state index contributed by atoms with van der Waals surface area (Å²) in [6.07, 6.45) is -0.156. The van der Waals surface area contributed by atoms with E-state index in [-0.39, 0.29) is 24.4 Å². The van der Waals surface area contributed by atoms with Crippen molar-refractivity contribution in [3.63, 3.8) is 0 Å². The highest BCUT2D eigenvalue weighted by Gasteiger charge is 2.20. The van der Waals surface area contributed by atoms with Crippen molar-refractivity contribution in [2.45, 2.75) is 13.0 Å². The highest BCUT2D eigenvalue weighted by atomic mass is 16.5. The van der Waals surface area contributed by atoms with E-state index in [2.05, 4.69) is 5.32 Å². The van der Waals surface area contributed by atoms with Crippen LogP contribution >= 0.6 is 0 Å². The molecule has 1 N–H and O–H groups in total. The quantitative estimate of drug-likeness (QED) is 0.757. The van der Waals surface area contributed by atoms with Crippen LogP contribution in [0.5, 0.6) is 0 Å². The summed E-state index contributed by atoms with van der Waals surface area (Å²) in [5.41, 5.74) is 1.59. The fraction of sp³-hybridized carbons (Fsp3) is 0.333. The lowest BCUT2D eigenvalue weighted by molar-refractivity contribution is -0.133. The minimum Gasteiger partial charge on any atom is -0.362 e. The summed E-state index contributed by atoms with van der Waals surface area (Å²) < 4.78 is 5.39. The van der Waals surface area contributed by atoms with Crippen molar-refractivity contribution < 1.29 is 14.3 Å². The van der Waals surface area contributed by atoms with Crippen LogP contribution in [-0.2, 0) is 9.53 Å². The largest absolute Gasteiger partial charge is 0.362 e. The van der Waals surface area contributed by atoms with E-state index in [4.69, 9.17) is 4.74 Å². The molecule has 1 aliphatic rings. The van der Waals surface area contributed by atoms with Gasteiger partial charge in [-0.3, -0.25) is 9.59 Å². The number of morpholine rings is 1. The van der Waals surface area contributed by atoms with Crippen LogP contribution in [0.25, 0.3) is 0 Å². The third-order valence-electron chi connectivity index (χ3n) is 2.57. The molecule has 4 nitrogen and oxygen atoms in total. The van der Waals surface area contributed by atoms with E-state index >= 15 is 0 Å². The molecule has 1 aromatic rings. The van der Waals surface area contributed by atoms with E-state index in [1.807, 2.05) is 18.2 Å². The van der Waals surface area contributed by atoms with E-state index in [9.17, 15) is 9.59 Å². The highest BCUT2D eigenvalue weighted by molar-refractivity contribution is 5.94. The molecule has 0 aromatic heterocycles. The van der Waals surface area contributed by atoms with E-state index in [1.54, 1.807) is 6.07 Å². The molecular weight excluding hydrogens is 206 g/mol. The molecular formula is C12H13NO3. The van der Waals surface area contributed by atoms with Crippen molar-refractivity contribution in [3.05, 3.63) is 35.4 Å². The molecule has 1 unspecified atom stereocenters. The van der Waals surface area contributed by atoms with Crippen molar-refractivity contribution in [2.75, 3.05) is 13.2 Å². The van der Waals surface area contributed by atoms with Crippen LogP contribution in [0.1, 0.15) is 28.9 Å². The molecule has 1 aromatic carbocycles. The van der Waals surface area contributed by atoms with Crippen LogP contribution in [0.15, 0.2) is 24.3 Å². The molecule has 0 radical (unpaired) electrons. The third kappa shape index (κ3) is 2.28. The normalized spacial score (nSPS) is 20.3. The van der Waals surface area contributed by atoms with Gasteiger partial charge in [-0.2, -0.15) is 0 Å². The van der Waals surface area contributed by atoms with E-state index in [0.717, 1.165) is 5.56 Å². The van der Waals surface area contributed by atoms with Gasteiger partial charge in [-0.1, -0.05) is 18.2 Å². The molecule has 0 spiro atoms. The monoisotopic (exact) mass is 219 g/mol. The number of carbonyl (C=O) groups is 2. The first-order chi connectivity index (χ1) is 7.66. The van der Waals surface area contributed by atoms with Crippen LogP contribution in [0.3, 0.4) is 0 Å². The summed E-state index contributed by atoms with van der Waals surface area (Å²) in [5.74, 6) is -0.0688. The lowest BCUT2D eigenvalue weighted by Crippen LogP contribution is -2.38. The van der Waals surface area contributed by atoms with Crippen molar-refractivity contribution in [1.29, 1.82) is 0 Å². The smallest absolute Gasteiger partial charge is 0.246 e. The maximum atomic E-state index is 11.2. The summed E-state index contributed by atoms with van der Waals surface area (Å²) >= 11 is 0. The first kappa shape index (κ1) is 10.8. The molecule has 84 valence electrons. The van der Waals surface area contributed by atoms with Gasteiger partial charge in [-0.05, 0) is 18.6 Å². The zero-order valence-corrected chi connectivity index (χ0v) is 9.03. The highest BCUT2D eigenvalue weighted by Crippen LogP contribution is 2.20. The predicted molar refractivity (Wildman–Crippen MR) is 58.1 cm³/mol. The van der Waals surface area contributed by atoms with Gasteiger partial charge < -0.3 is 10.1 Å². The second-order valence-corrected chi connectivity index (χ2v) is 3.79. The minimum atomic E-state index is -0.156. The van der Waals surface area contributed by atoms with Gasteiger partial charge in [0.2, 0.25) is 5.91 Å². The van der Waals surface area contributed by atoms with E-state index < -0.39 is 0 Å². The molecule has 1 aliphatic heterocycles. The predicted octanol–water partition coefficient (Wildman–Crippen LogP) is 1.08. The van der Waals surface area contributed by atoms with Crippen LogP contribution in [0.4, 0.5) is 0 Å². The van der Waals surface area contributed by atoms with Gasteiger partial charge in [0.1, 0.15) is 12.7 Å². The first-order valence-electron chi connectivity index (χ1n) is 5.16. The molecule has 4 heteroatoms. The van der Waals surface area contributed by atoms with Crippen LogP contribution < -0.4 is 5.32 Å². The Morgan fingerprint density at radius 2 is 2.31 bits per heavy atom. The summed E-state index contributed by atoms with van der Waals surface area (Å²) in [7, 11) is 0.